The number of fused-ring (bicyclic) bond motifs is 1. The topological polar surface area (TPSA) is 48.8 Å². The molecule has 2 aromatic heterocycles. The fraction of sp³-hybridized carbons (Fsp3) is 0.588. The number of hydrogen-bond acceptors (Lipinski definition) is 2. The van der Waals surface area contributed by atoms with E-state index in [2.05, 4.69) is 49.6 Å². The van der Waals surface area contributed by atoms with Crippen molar-refractivity contribution in [2.45, 2.75) is 53.1 Å². The number of rotatable bonds is 2. The van der Waals surface area contributed by atoms with Crippen molar-refractivity contribution in [1.82, 2.24) is 14.3 Å². The molecule has 0 aliphatic heterocycles. The van der Waals surface area contributed by atoms with Crippen LogP contribution in [0.5, 0.6) is 0 Å². The quantitative estimate of drug-likeness (QED) is 0.923. The largest absolute Gasteiger partial charge is 0.347 e. The third kappa shape index (κ3) is 2.42. The average molecular weight is 286 g/mol. The summed E-state index contributed by atoms with van der Waals surface area (Å²) in [5.41, 5.74) is 13.1. The van der Waals surface area contributed by atoms with E-state index in [1.807, 2.05) is 11.7 Å². The van der Waals surface area contributed by atoms with E-state index >= 15 is 0 Å². The van der Waals surface area contributed by atoms with Crippen LogP contribution in [0.25, 0.3) is 0 Å². The summed E-state index contributed by atoms with van der Waals surface area (Å²) in [5.74, 6) is 0. The second-order valence-corrected chi connectivity index (χ2v) is 7.27. The fourth-order valence-corrected chi connectivity index (χ4v) is 3.66. The molecule has 0 saturated carbocycles. The minimum atomic E-state index is 0.168. The highest BCUT2D eigenvalue weighted by Crippen LogP contribution is 2.40. The third-order valence-electron chi connectivity index (χ3n) is 4.92. The summed E-state index contributed by atoms with van der Waals surface area (Å²) in [7, 11) is 2.01. The molecule has 3 rings (SSSR count). The molecule has 2 N–H and O–H groups in total. The molecule has 1 unspecified atom stereocenters. The van der Waals surface area contributed by atoms with Gasteiger partial charge in [-0.15, -0.1) is 0 Å². The van der Waals surface area contributed by atoms with Crippen molar-refractivity contribution in [3.05, 3.63) is 40.5 Å². The van der Waals surface area contributed by atoms with Gasteiger partial charge in [-0.05, 0) is 43.7 Å². The molecular weight excluding hydrogens is 260 g/mol. The highest BCUT2D eigenvalue weighted by molar-refractivity contribution is 5.32. The zero-order valence-corrected chi connectivity index (χ0v) is 13.8. The summed E-state index contributed by atoms with van der Waals surface area (Å²) >= 11 is 0. The Morgan fingerprint density at radius 1 is 1.38 bits per heavy atom. The molecule has 2 aromatic rings. The van der Waals surface area contributed by atoms with E-state index in [4.69, 9.17) is 5.73 Å². The zero-order valence-electron chi connectivity index (χ0n) is 13.8. The molecule has 1 aliphatic carbocycles. The Morgan fingerprint density at radius 3 is 2.71 bits per heavy atom. The number of aromatic nitrogens is 3. The maximum Gasteiger partial charge on any atom is 0.0646 e. The van der Waals surface area contributed by atoms with E-state index in [0.29, 0.717) is 0 Å². The van der Waals surface area contributed by atoms with Gasteiger partial charge in [0.05, 0.1) is 12.2 Å². The summed E-state index contributed by atoms with van der Waals surface area (Å²) in [5, 5.41) is 4.53. The van der Waals surface area contributed by atoms with Crippen molar-refractivity contribution in [3.8, 4) is 0 Å². The molecule has 0 radical (unpaired) electrons. The molecule has 0 spiro atoms. The first-order chi connectivity index (χ1) is 9.78. The summed E-state index contributed by atoms with van der Waals surface area (Å²) < 4.78 is 4.34. The van der Waals surface area contributed by atoms with Gasteiger partial charge >= 0.3 is 0 Å². The number of aryl methyl sites for hydroxylation is 2. The fourth-order valence-electron chi connectivity index (χ4n) is 3.66. The molecule has 0 amide bonds. The van der Waals surface area contributed by atoms with Gasteiger partial charge in [0, 0.05) is 36.2 Å². The van der Waals surface area contributed by atoms with Crippen LogP contribution in [0.15, 0.2) is 12.3 Å². The SMILES string of the molecule is Cc1nn(C)c(C)c1Cn1ccc2c1CC(C)(C)CC2N. The molecule has 1 aliphatic rings. The lowest BCUT2D eigenvalue weighted by Gasteiger charge is -2.34. The molecule has 4 heteroatoms. The van der Waals surface area contributed by atoms with E-state index in [9.17, 15) is 0 Å². The minimum absolute atomic E-state index is 0.168. The summed E-state index contributed by atoms with van der Waals surface area (Å²) in [6.45, 7) is 9.75. The van der Waals surface area contributed by atoms with Gasteiger partial charge in [0.1, 0.15) is 0 Å². The van der Waals surface area contributed by atoms with Crippen molar-refractivity contribution >= 4 is 0 Å². The van der Waals surface area contributed by atoms with Crippen LogP contribution in [-0.4, -0.2) is 14.3 Å². The smallest absolute Gasteiger partial charge is 0.0646 e. The lowest BCUT2D eigenvalue weighted by molar-refractivity contribution is 0.276. The molecule has 1 atom stereocenters. The van der Waals surface area contributed by atoms with E-state index in [-0.39, 0.29) is 11.5 Å². The lowest BCUT2D eigenvalue weighted by Crippen LogP contribution is -2.30. The first kappa shape index (κ1) is 14.4. The number of nitrogens with zero attached hydrogens (tertiary/aromatic N) is 3. The molecule has 0 fully saturated rings. The van der Waals surface area contributed by atoms with Crippen molar-refractivity contribution in [2.24, 2.45) is 18.2 Å². The average Bonchev–Trinajstić information content (AvgIpc) is 2.85. The Hall–Kier alpha value is -1.55. The Balaban J connectivity index is 1.98. The maximum atomic E-state index is 6.36. The van der Waals surface area contributed by atoms with Gasteiger partial charge in [0.25, 0.3) is 0 Å². The zero-order chi connectivity index (χ0) is 15.4. The van der Waals surface area contributed by atoms with Crippen LogP contribution in [0, 0.1) is 19.3 Å². The predicted molar refractivity (Wildman–Crippen MR) is 85.2 cm³/mol. The van der Waals surface area contributed by atoms with Crippen molar-refractivity contribution < 1.29 is 0 Å². The first-order valence-corrected chi connectivity index (χ1v) is 7.71. The van der Waals surface area contributed by atoms with Gasteiger partial charge in [0.2, 0.25) is 0 Å². The van der Waals surface area contributed by atoms with E-state index in [0.717, 1.165) is 25.1 Å². The second-order valence-electron chi connectivity index (χ2n) is 7.27. The van der Waals surface area contributed by atoms with Crippen LogP contribution in [0.4, 0.5) is 0 Å². The van der Waals surface area contributed by atoms with Crippen LogP contribution >= 0.6 is 0 Å². The Labute approximate surface area is 126 Å². The van der Waals surface area contributed by atoms with Crippen molar-refractivity contribution in [3.63, 3.8) is 0 Å². The van der Waals surface area contributed by atoms with Crippen LogP contribution < -0.4 is 5.73 Å². The van der Waals surface area contributed by atoms with Crippen LogP contribution in [0.2, 0.25) is 0 Å². The van der Waals surface area contributed by atoms with Gasteiger partial charge in [0.15, 0.2) is 0 Å². The maximum absolute atomic E-state index is 6.36. The molecule has 0 saturated heterocycles. The normalized spacial score (nSPS) is 20.6. The predicted octanol–water partition coefficient (Wildman–Crippen LogP) is 2.86. The van der Waals surface area contributed by atoms with E-state index in [1.165, 1.54) is 22.5 Å². The molecule has 0 bridgehead atoms. The number of nitrogens with two attached hydrogens (primary N) is 1. The van der Waals surface area contributed by atoms with E-state index in [1.54, 1.807) is 0 Å². The minimum Gasteiger partial charge on any atom is -0.347 e. The Kier molecular flexibility index (Phi) is 3.24. The third-order valence-corrected chi connectivity index (χ3v) is 4.92. The molecule has 114 valence electrons. The van der Waals surface area contributed by atoms with Gasteiger partial charge in [-0.3, -0.25) is 4.68 Å². The standard InChI is InChI=1S/C17H26N4/c1-11-14(12(2)20(5)19-11)10-21-7-6-13-15(18)8-17(3,4)9-16(13)21/h6-7,15H,8-10,18H2,1-5H3. The lowest BCUT2D eigenvalue weighted by atomic mass is 9.74. The van der Waals surface area contributed by atoms with Crippen LogP contribution in [-0.2, 0) is 20.0 Å². The molecule has 21 heavy (non-hydrogen) atoms. The van der Waals surface area contributed by atoms with Crippen LogP contribution in [0.3, 0.4) is 0 Å². The highest BCUT2D eigenvalue weighted by Gasteiger charge is 2.32. The van der Waals surface area contributed by atoms with Crippen molar-refractivity contribution in [2.75, 3.05) is 0 Å². The van der Waals surface area contributed by atoms with E-state index < -0.39 is 0 Å². The second kappa shape index (κ2) is 4.73. The first-order valence-electron chi connectivity index (χ1n) is 7.71. The van der Waals surface area contributed by atoms with Gasteiger partial charge in [-0.25, -0.2) is 0 Å². The van der Waals surface area contributed by atoms with Gasteiger partial charge in [-0.2, -0.15) is 5.10 Å². The van der Waals surface area contributed by atoms with Gasteiger partial charge in [-0.1, -0.05) is 13.8 Å². The summed E-state index contributed by atoms with van der Waals surface area (Å²) in [4.78, 5) is 0. The number of hydrogen-bond donors (Lipinski definition) is 1. The van der Waals surface area contributed by atoms with Crippen LogP contribution in [0.1, 0.15) is 54.5 Å². The van der Waals surface area contributed by atoms with Gasteiger partial charge < -0.3 is 10.3 Å². The van der Waals surface area contributed by atoms with Crippen molar-refractivity contribution in [1.29, 1.82) is 0 Å². The Morgan fingerprint density at radius 2 is 2.10 bits per heavy atom. The molecular formula is C17H26N4. The molecule has 0 aromatic carbocycles. The monoisotopic (exact) mass is 286 g/mol. The molecule has 4 nitrogen and oxygen atoms in total. The molecule has 2 heterocycles. The summed E-state index contributed by atoms with van der Waals surface area (Å²) in [6.07, 6.45) is 4.36. The Bertz CT molecular complexity index is 675. The highest BCUT2D eigenvalue weighted by atomic mass is 15.3. The summed E-state index contributed by atoms with van der Waals surface area (Å²) in [6, 6.07) is 2.37.